The second-order valence-electron chi connectivity index (χ2n) is 10.5. The Morgan fingerprint density at radius 3 is 2.14 bits per heavy atom. The monoisotopic (exact) mass is 629 g/mol. The number of rotatable bonds is 18. The van der Waals surface area contributed by atoms with Gasteiger partial charge in [-0.2, -0.15) is 11.8 Å². The van der Waals surface area contributed by atoms with Crippen molar-refractivity contribution in [2.24, 2.45) is 5.73 Å². The van der Waals surface area contributed by atoms with Gasteiger partial charge in [0, 0.05) is 19.4 Å². The van der Waals surface area contributed by atoms with Crippen molar-refractivity contribution >= 4 is 41.4 Å². The van der Waals surface area contributed by atoms with Crippen molar-refractivity contribution < 1.29 is 34.2 Å². The Morgan fingerprint density at radius 1 is 0.886 bits per heavy atom. The van der Waals surface area contributed by atoms with E-state index in [1.54, 1.807) is 24.3 Å². The molecule has 0 heterocycles. The predicted octanol–water partition coefficient (Wildman–Crippen LogP) is 0.941. The van der Waals surface area contributed by atoms with Crippen LogP contribution in [0, 0.1) is 13.8 Å². The molecule has 0 bridgehead atoms. The zero-order valence-electron chi connectivity index (χ0n) is 25.4. The summed E-state index contributed by atoms with van der Waals surface area (Å²) in [5.41, 5.74) is 9.42. The molecule has 0 radical (unpaired) electrons. The minimum atomic E-state index is -0.972. The van der Waals surface area contributed by atoms with E-state index in [1.165, 1.54) is 11.8 Å². The number of aromatic hydroxyl groups is 1. The van der Waals surface area contributed by atoms with Crippen molar-refractivity contribution in [3.05, 3.63) is 64.7 Å². The van der Waals surface area contributed by atoms with E-state index in [1.807, 2.05) is 38.3 Å². The van der Waals surface area contributed by atoms with Crippen LogP contribution >= 0.6 is 11.8 Å². The van der Waals surface area contributed by atoms with E-state index in [2.05, 4.69) is 21.3 Å². The standard InChI is InChI=1S/C31H43N5O7S/c1-19-14-22(37)15-20(2)23(19)17-24(32)29(41)36-25(11-13-44-3)30(42)34-18-27(38)35-26(16-21-8-5-4-6-9-21)31(43)33-12-7-10-28(39)40/h4-6,8-9,14-15,24-26,37H,7,10-13,16-18,32H2,1-3H3,(H,33,43)(H,34,42)(H,35,38)(H,36,41)(H,39,40)/t24-,25-,26-/m0/s1. The lowest BCUT2D eigenvalue weighted by Crippen LogP contribution is -2.54. The van der Waals surface area contributed by atoms with Gasteiger partial charge in [-0.15, -0.1) is 0 Å². The highest BCUT2D eigenvalue weighted by Gasteiger charge is 2.26. The summed E-state index contributed by atoms with van der Waals surface area (Å²) in [6.45, 7) is 3.34. The third-order valence-electron chi connectivity index (χ3n) is 6.91. The average Bonchev–Trinajstić information content (AvgIpc) is 2.97. The van der Waals surface area contributed by atoms with Gasteiger partial charge in [-0.1, -0.05) is 30.3 Å². The van der Waals surface area contributed by atoms with Crippen LogP contribution in [0.25, 0.3) is 0 Å². The quantitative estimate of drug-likeness (QED) is 0.117. The molecule has 2 aromatic rings. The summed E-state index contributed by atoms with van der Waals surface area (Å²) in [4.78, 5) is 62.4. The van der Waals surface area contributed by atoms with Crippen LogP contribution in [-0.2, 0) is 36.8 Å². The lowest BCUT2D eigenvalue weighted by Gasteiger charge is -2.22. The first-order valence-electron chi connectivity index (χ1n) is 14.4. The molecular formula is C31H43N5O7S. The highest BCUT2D eigenvalue weighted by molar-refractivity contribution is 7.98. The summed E-state index contributed by atoms with van der Waals surface area (Å²) in [6.07, 6.45) is 2.72. The van der Waals surface area contributed by atoms with Gasteiger partial charge in [0.05, 0.1) is 12.6 Å². The lowest BCUT2D eigenvalue weighted by molar-refractivity contribution is -0.137. The smallest absolute Gasteiger partial charge is 0.303 e. The first-order chi connectivity index (χ1) is 20.9. The minimum absolute atomic E-state index is 0.0999. The number of nitrogens with one attached hydrogen (secondary N) is 4. The maximum absolute atomic E-state index is 13.0. The van der Waals surface area contributed by atoms with Crippen LogP contribution in [0.1, 0.15) is 41.5 Å². The summed E-state index contributed by atoms with van der Waals surface area (Å²) in [6, 6.07) is 9.42. The molecule has 0 saturated carbocycles. The molecule has 0 fully saturated rings. The van der Waals surface area contributed by atoms with E-state index in [4.69, 9.17) is 10.8 Å². The number of hydrogen-bond donors (Lipinski definition) is 7. The SMILES string of the molecule is CSCC[C@H](NC(=O)[C@@H](N)Cc1c(C)cc(O)cc1C)C(=O)NCC(=O)N[C@@H](Cc1ccccc1)C(=O)NCCCC(=O)O. The summed E-state index contributed by atoms with van der Waals surface area (Å²) in [5.74, 6) is -2.45. The maximum Gasteiger partial charge on any atom is 0.303 e. The van der Waals surface area contributed by atoms with E-state index >= 15 is 0 Å². The molecule has 2 aromatic carbocycles. The second-order valence-corrected chi connectivity index (χ2v) is 11.5. The molecule has 0 aliphatic rings. The third kappa shape index (κ3) is 12.6. The number of aryl methyl sites for hydroxylation is 2. The van der Waals surface area contributed by atoms with Crippen LogP contribution in [0.4, 0.5) is 0 Å². The number of phenols is 1. The van der Waals surface area contributed by atoms with Crippen molar-refractivity contribution in [3.63, 3.8) is 0 Å². The molecule has 13 heteroatoms. The van der Waals surface area contributed by atoms with Crippen molar-refractivity contribution in [2.45, 2.75) is 64.1 Å². The molecular weight excluding hydrogens is 586 g/mol. The van der Waals surface area contributed by atoms with E-state index in [0.29, 0.717) is 12.2 Å². The molecule has 0 aliphatic heterocycles. The van der Waals surface area contributed by atoms with Crippen molar-refractivity contribution in [2.75, 3.05) is 25.1 Å². The number of phenolic OH excluding ortho intramolecular Hbond substituents is 1. The Hall–Kier alpha value is -4.10. The fraction of sp³-hybridized carbons (Fsp3) is 0.452. The Balaban J connectivity index is 2.00. The van der Waals surface area contributed by atoms with Gasteiger partial charge >= 0.3 is 5.97 Å². The molecule has 4 amide bonds. The number of thioether (sulfide) groups is 1. The summed E-state index contributed by atoms with van der Waals surface area (Å²) in [7, 11) is 0. The zero-order valence-corrected chi connectivity index (χ0v) is 26.2. The van der Waals surface area contributed by atoms with Gasteiger partial charge in [-0.25, -0.2) is 0 Å². The number of carboxylic acids is 1. The summed E-state index contributed by atoms with van der Waals surface area (Å²) in [5, 5.41) is 29.1. The molecule has 0 saturated heterocycles. The summed E-state index contributed by atoms with van der Waals surface area (Å²) >= 11 is 1.49. The molecule has 0 aliphatic carbocycles. The Labute approximate surface area is 261 Å². The molecule has 8 N–H and O–H groups in total. The second kappa shape index (κ2) is 18.5. The van der Waals surface area contributed by atoms with Gasteiger partial charge in [0.25, 0.3) is 0 Å². The van der Waals surface area contributed by atoms with Crippen LogP contribution in [0.2, 0.25) is 0 Å². The van der Waals surface area contributed by atoms with E-state index in [0.717, 1.165) is 22.3 Å². The molecule has 2 rings (SSSR count). The number of amides is 4. The Morgan fingerprint density at radius 2 is 1.52 bits per heavy atom. The molecule has 3 atom stereocenters. The number of carbonyl (C=O) groups is 5. The van der Waals surface area contributed by atoms with Gasteiger partial charge in [-0.05, 0) is 79.5 Å². The van der Waals surface area contributed by atoms with Crippen molar-refractivity contribution in [1.82, 2.24) is 21.3 Å². The average molecular weight is 630 g/mol. The van der Waals surface area contributed by atoms with Gasteiger partial charge in [0.15, 0.2) is 0 Å². The first kappa shape index (κ1) is 36.1. The van der Waals surface area contributed by atoms with E-state index in [-0.39, 0.29) is 38.0 Å². The van der Waals surface area contributed by atoms with Gasteiger partial charge < -0.3 is 37.2 Å². The molecule has 240 valence electrons. The highest BCUT2D eigenvalue weighted by atomic mass is 32.2. The number of carboxylic acid groups (broad SMARTS) is 1. The number of hydrogen-bond acceptors (Lipinski definition) is 8. The fourth-order valence-electron chi connectivity index (χ4n) is 4.56. The van der Waals surface area contributed by atoms with Crippen LogP contribution in [0.15, 0.2) is 42.5 Å². The van der Waals surface area contributed by atoms with Gasteiger partial charge in [-0.3, -0.25) is 24.0 Å². The third-order valence-corrected chi connectivity index (χ3v) is 7.55. The molecule has 12 nitrogen and oxygen atoms in total. The largest absolute Gasteiger partial charge is 0.508 e. The minimum Gasteiger partial charge on any atom is -0.508 e. The van der Waals surface area contributed by atoms with Crippen molar-refractivity contribution in [1.29, 1.82) is 0 Å². The first-order valence-corrected chi connectivity index (χ1v) is 15.7. The normalized spacial score (nSPS) is 12.8. The van der Waals surface area contributed by atoms with Crippen LogP contribution in [-0.4, -0.2) is 83.0 Å². The molecule has 0 spiro atoms. The van der Waals surface area contributed by atoms with Gasteiger partial charge in [0.2, 0.25) is 23.6 Å². The van der Waals surface area contributed by atoms with E-state index in [9.17, 15) is 29.1 Å². The van der Waals surface area contributed by atoms with Crippen LogP contribution in [0.3, 0.4) is 0 Å². The lowest BCUT2D eigenvalue weighted by atomic mass is 9.96. The number of aliphatic carboxylic acids is 1. The predicted molar refractivity (Wildman–Crippen MR) is 169 cm³/mol. The number of benzene rings is 2. The zero-order chi connectivity index (χ0) is 32.6. The Bertz CT molecular complexity index is 1270. The van der Waals surface area contributed by atoms with Crippen molar-refractivity contribution in [3.8, 4) is 5.75 Å². The van der Waals surface area contributed by atoms with Crippen LogP contribution < -0.4 is 27.0 Å². The molecule has 0 unspecified atom stereocenters. The highest BCUT2D eigenvalue weighted by Crippen LogP contribution is 2.22. The van der Waals surface area contributed by atoms with Crippen LogP contribution in [0.5, 0.6) is 5.75 Å². The summed E-state index contributed by atoms with van der Waals surface area (Å²) < 4.78 is 0. The maximum atomic E-state index is 13.0. The number of carbonyl (C=O) groups excluding carboxylic acids is 4. The fourth-order valence-corrected chi connectivity index (χ4v) is 5.03. The Kier molecular flexibility index (Phi) is 15.2. The molecule has 0 aromatic heterocycles. The molecule has 44 heavy (non-hydrogen) atoms. The topological polar surface area (TPSA) is 200 Å². The van der Waals surface area contributed by atoms with Gasteiger partial charge in [0.1, 0.15) is 17.8 Å². The van der Waals surface area contributed by atoms with E-state index < -0.39 is 54.3 Å². The number of nitrogens with two attached hydrogens (primary N) is 1.